The van der Waals surface area contributed by atoms with Crippen LogP contribution in [0.2, 0.25) is 0 Å². The molecule has 1 aliphatic carbocycles. The van der Waals surface area contributed by atoms with Crippen molar-refractivity contribution in [3.63, 3.8) is 0 Å². The van der Waals surface area contributed by atoms with Gasteiger partial charge in [0.05, 0.1) is 6.54 Å². The average Bonchev–Trinajstić information content (AvgIpc) is 3.12. The molecule has 20 heavy (non-hydrogen) atoms. The Balaban J connectivity index is 2.16. The maximum Gasteiger partial charge on any atom is 0.253 e. The van der Waals surface area contributed by atoms with Crippen molar-refractivity contribution < 1.29 is 4.79 Å². The zero-order valence-corrected chi connectivity index (χ0v) is 12.4. The molecule has 1 aromatic rings. The summed E-state index contributed by atoms with van der Waals surface area (Å²) in [6.07, 6.45) is 1.23. The monoisotopic (exact) mass is 270 g/mol. The quantitative estimate of drug-likeness (QED) is 0.854. The lowest BCUT2D eigenvalue weighted by atomic mass is 10.0. The lowest BCUT2D eigenvalue weighted by Gasteiger charge is -2.18. The van der Waals surface area contributed by atoms with E-state index in [4.69, 9.17) is 5.73 Å². The summed E-state index contributed by atoms with van der Waals surface area (Å²) in [6, 6.07) is 5.68. The first-order chi connectivity index (χ1) is 9.54. The van der Waals surface area contributed by atoms with E-state index in [1.54, 1.807) is 0 Å². The van der Waals surface area contributed by atoms with Gasteiger partial charge in [0.15, 0.2) is 0 Å². The van der Waals surface area contributed by atoms with Crippen LogP contribution >= 0.6 is 0 Å². The maximum absolute atomic E-state index is 12.5. The van der Waals surface area contributed by atoms with Gasteiger partial charge in [-0.1, -0.05) is 24.8 Å². The van der Waals surface area contributed by atoms with Gasteiger partial charge in [-0.15, -0.1) is 0 Å². The Morgan fingerprint density at radius 3 is 2.80 bits per heavy atom. The normalized spacial score (nSPS) is 20.0. The fraction of sp³-hybridized carbons (Fsp3) is 0.471. The third kappa shape index (κ3) is 3.20. The van der Waals surface area contributed by atoms with E-state index in [1.807, 2.05) is 37.1 Å². The van der Waals surface area contributed by atoms with Crippen molar-refractivity contribution in [1.29, 1.82) is 0 Å². The number of hydrogen-bond acceptors (Lipinski definition) is 2. The molecule has 2 unspecified atom stereocenters. The molecule has 1 fully saturated rings. The summed E-state index contributed by atoms with van der Waals surface area (Å²) >= 11 is 0. The number of nitrogens with two attached hydrogens (primary N) is 1. The molecule has 0 aliphatic heterocycles. The van der Waals surface area contributed by atoms with Gasteiger partial charge >= 0.3 is 0 Å². The Morgan fingerprint density at radius 1 is 1.50 bits per heavy atom. The van der Waals surface area contributed by atoms with Gasteiger partial charge < -0.3 is 10.6 Å². The van der Waals surface area contributed by atoms with E-state index >= 15 is 0 Å². The van der Waals surface area contributed by atoms with E-state index in [2.05, 4.69) is 18.8 Å². The predicted molar refractivity (Wildman–Crippen MR) is 81.3 cm³/mol. The van der Waals surface area contributed by atoms with E-state index in [0.29, 0.717) is 12.5 Å². The second kappa shape index (κ2) is 6.11. The van der Waals surface area contributed by atoms with Crippen LogP contribution in [-0.2, 0) is 0 Å². The minimum absolute atomic E-state index is 0.0815. The molecular formula is C17H22N2O. The topological polar surface area (TPSA) is 46.3 Å². The highest BCUT2D eigenvalue weighted by Crippen LogP contribution is 2.38. The largest absolute Gasteiger partial charge is 0.341 e. The minimum atomic E-state index is 0.0815. The molecular weight excluding hydrogens is 248 g/mol. The summed E-state index contributed by atoms with van der Waals surface area (Å²) in [4.78, 5) is 14.3. The van der Waals surface area contributed by atoms with Crippen LogP contribution in [0.5, 0.6) is 0 Å². The van der Waals surface area contributed by atoms with E-state index in [-0.39, 0.29) is 5.91 Å². The summed E-state index contributed by atoms with van der Waals surface area (Å²) < 4.78 is 0. The molecule has 0 aromatic heterocycles. The van der Waals surface area contributed by atoms with Crippen molar-refractivity contribution in [1.82, 2.24) is 4.90 Å². The van der Waals surface area contributed by atoms with E-state index in [0.717, 1.165) is 29.2 Å². The third-order valence-electron chi connectivity index (χ3n) is 4.02. The molecule has 1 amide bonds. The molecule has 2 rings (SSSR count). The summed E-state index contributed by atoms with van der Waals surface area (Å²) in [5, 5.41) is 0. The van der Waals surface area contributed by atoms with E-state index in [9.17, 15) is 4.79 Å². The van der Waals surface area contributed by atoms with Crippen LogP contribution in [0.4, 0.5) is 0 Å². The van der Waals surface area contributed by atoms with Crippen LogP contribution < -0.4 is 5.73 Å². The highest BCUT2D eigenvalue weighted by molar-refractivity contribution is 5.96. The molecule has 2 atom stereocenters. The first kappa shape index (κ1) is 14.6. The van der Waals surface area contributed by atoms with E-state index in [1.165, 1.54) is 6.42 Å². The summed E-state index contributed by atoms with van der Waals surface area (Å²) in [5.74, 6) is 7.37. The molecule has 1 aliphatic rings. The van der Waals surface area contributed by atoms with Crippen molar-refractivity contribution in [3.8, 4) is 11.8 Å². The number of rotatable bonds is 3. The average molecular weight is 270 g/mol. The standard InChI is InChI=1S/C17H22N2O/c1-12-10-15(12)11-19(3)17(20)16-8-4-6-14(13(16)2)7-5-9-18/h4,6,8,12,15H,9-11,18H2,1-3H3. The lowest BCUT2D eigenvalue weighted by molar-refractivity contribution is 0.0786. The second-order valence-corrected chi connectivity index (χ2v) is 5.64. The van der Waals surface area contributed by atoms with Gasteiger partial charge in [0.1, 0.15) is 0 Å². The first-order valence-electron chi connectivity index (χ1n) is 7.08. The number of benzene rings is 1. The second-order valence-electron chi connectivity index (χ2n) is 5.64. The highest BCUT2D eigenvalue weighted by atomic mass is 16.2. The number of hydrogen-bond donors (Lipinski definition) is 1. The van der Waals surface area contributed by atoms with Crippen molar-refractivity contribution in [2.45, 2.75) is 20.3 Å². The van der Waals surface area contributed by atoms with Crippen LogP contribution in [0.3, 0.4) is 0 Å². The molecule has 3 heteroatoms. The number of amides is 1. The Hall–Kier alpha value is -1.79. The van der Waals surface area contributed by atoms with Gasteiger partial charge in [-0.25, -0.2) is 0 Å². The number of carbonyl (C=O) groups excluding carboxylic acids is 1. The van der Waals surface area contributed by atoms with Crippen LogP contribution in [0, 0.1) is 30.6 Å². The molecule has 0 spiro atoms. The number of carbonyl (C=O) groups is 1. The molecule has 2 N–H and O–H groups in total. The molecule has 3 nitrogen and oxygen atoms in total. The summed E-state index contributed by atoms with van der Waals surface area (Å²) in [5.41, 5.74) is 7.96. The zero-order chi connectivity index (χ0) is 14.7. The fourth-order valence-corrected chi connectivity index (χ4v) is 2.44. The molecule has 106 valence electrons. The molecule has 0 bridgehead atoms. The molecule has 1 saturated carbocycles. The Labute approximate surface area is 121 Å². The van der Waals surface area contributed by atoms with Crippen molar-refractivity contribution in [2.75, 3.05) is 20.1 Å². The Bertz CT molecular complexity index is 568. The van der Waals surface area contributed by atoms with Gasteiger partial charge in [-0.2, -0.15) is 0 Å². The lowest BCUT2D eigenvalue weighted by Crippen LogP contribution is -2.29. The van der Waals surface area contributed by atoms with Crippen LogP contribution in [-0.4, -0.2) is 30.9 Å². The summed E-state index contributed by atoms with van der Waals surface area (Å²) in [7, 11) is 1.88. The zero-order valence-electron chi connectivity index (χ0n) is 12.4. The van der Waals surface area contributed by atoms with Gasteiger partial charge in [-0.3, -0.25) is 4.79 Å². The highest BCUT2D eigenvalue weighted by Gasteiger charge is 2.34. The fourth-order valence-electron chi connectivity index (χ4n) is 2.44. The van der Waals surface area contributed by atoms with Gasteiger partial charge in [0, 0.05) is 24.7 Å². The maximum atomic E-state index is 12.5. The smallest absolute Gasteiger partial charge is 0.253 e. The third-order valence-corrected chi connectivity index (χ3v) is 4.02. The predicted octanol–water partition coefficient (Wildman–Crippen LogP) is 2.03. The van der Waals surface area contributed by atoms with Crippen molar-refractivity contribution >= 4 is 5.91 Å². The molecule has 0 radical (unpaired) electrons. The van der Waals surface area contributed by atoms with Crippen LogP contribution in [0.15, 0.2) is 18.2 Å². The molecule has 1 aromatic carbocycles. The van der Waals surface area contributed by atoms with Crippen LogP contribution in [0.25, 0.3) is 0 Å². The van der Waals surface area contributed by atoms with Crippen molar-refractivity contribution in [3.05, 3.63) is 34.9 Å². The Morgan fingerprint density at radius 2 is 2.20 bits per heavy atom. The SMILES string of the molecule is Cc1c(C#CCN)cccc1C(=O)N(C)CC1CC1C. The van der Waals surface area contributed by atoms with Gasteiger partial charge in [-0.05, 0) is 42.9 Å². The van der Waals surface area contributed by atoms with Gasteiger partial charge in [0.2, 0.25) is 0 Å². The molecule has 0 heterocycles. The summed E-state index contributed by atoms with van der Waals surface area (Å²) in [6.45, 7) is 5.36. The van der Waals surface area contributed by atoms with E-state index < -0.39 is 0 Å². The van der Waals surface area contributed by atoms with Crippen LogP contribution in [0.1, 0.15) is 34.8 Å². The number of nitrogens with zero attached hydrogens (tertiary/aromatic N) is 1. The minimum Gasteiger partial charge on any atom is -0.341 e. The molecule has 0 saturated heterocycles. The van der Waals surface area contributed by atoms with Gasteiger partial charge in [0.25, 0.3) is 5.91 Å². The van der Waals surface area contributed by atoms with Crippen molar-refractivity contribution in [2.24, 2.45) is 17.6 Å². The Kier molecular flexibility index (Phi) is 4.46. The first-order valence-corrected chi connectivity index (χ1v) is 7.08.